The van der Waals surface area contributed by atoms with Crippen LogP contribution in [0.3, 0.4) is 0 Å². The zero-order valence-corrected chi connectivity index (χ0v) is 13.6. The minimum absolute atomic E-state index is 0.0801. The standard InChI is InChI=1S/C16H20N2O4S/c17-10-12-4-6-13(7-5-12)23(20,21)18-8-9-22-11-15(18)14-2-1-3-16(14)19/h4-7,14-16,19H,1-3,8-9,11H2. The van der Waals surface area contributed by atoms with E-state index in [0.717, 1.165) is 12.8 Å². The summed E-state index contributed by atoms with van der Waals surface area (Å²) in [5.74, 6) is -0.0801. The second kappa shape index (κ2) is 6.57. The summed E-state index contributed by atoms with van der Waals surface area (Å²) < 4.78 is 32.9. The van der Waals surface area contributed by atoms with Gasteiger partial charge in [-0.2, -0.15) is 9.57 Å². The van der Waals surface area contributed by atoms with Crippen molar-refractivity contribution in [2.24, 2.45) is 5.92 Å². The van der Waals surface area contributed by atoms with Crippen LogP contribution in [0.1, 0.15) is 24.8 Å². The molecule has 7 heteroatoms. The molecule has 3 unspecified atom stereocenters. The predicted molar refractivity (Wildman–Crippen MR) is 83.0 cm³/mol. The Bertz CT molecular complexity index is 696. The number of ether oxygens (including phenoxy) is 1. The van der Waals surface area contributed by atoms with Crippen LogP contribution in [0.4, 0.5) is 0 Å². The number of sulfonamides is 1. The summed E-state index contributed by atoms with van der Waals surface area (Å²) in [4.78, 5) is 0.177. The highest BCUT2D eigenvalue weighted by molar-refractivity contribution is 7.89. The van der Waals surface area contributed by atoms with Crippen LogP contribution >= 0.6 is 0 Å². The second-order valence-corrected chi connectivity index (χ2v) is 7.95. The number of hydrogen-bond donors (Lipinski definition) is 1. The van der Waals surface area contributed by atoms with Crippen molar-refractivity contribution in [3.63, 3.8) is 0 Å². The molecule has 1 N–H and O–H groups in total. The summed E-state index contributed by atoms with van der Waals surface area (Å²) in [6.07, 6.45) is 1.97. The van der Waals surface area contributed by atoms with E-state index in [1.807, 2.05) is 6.07 Å². The maximum atomic E-state index is 13.0. The van der Waals surface area contributed by atoms with Gasteiger partial charge in [-0.1, -0.05) is 6.42 Å². The summed E-state index contributed by atoms with van der Waals surface area (Å²) in [7, 11) is -3.66. The van der Waals surface area contributed by atoms with E-state index in [2.05, 4.69) is 0 Å². The van der Waals surface area contributed by atoms with Gasteiger partial charge in [0.15, 0.2) is 0 Å². The van der Waals surface area contributed by atoms with Crippen LogP contribution < -0.4 is 0 Å². The molecule has 1 heterocycles. The Morgan fingerprint density at radius 2 is 2.00 bits per heavy atom. The first-order valence-electron chi connectivity index (χ1n) is 7.82. The van der Waals surface area contributed by atoms with Gasteiger partial charge in [0.25, 0.3) is 0 Å². The van der Waals surface area contributed by atoms with Gasteiger partial charge in [-0.05, 0) is 37.1 Å². The second-order valence-electron chi connectivity index (χ2n) is 6.06. The molecule has 0 amide bonds. The van der Waals surface area contributed by atoms with Gasteiger partial charge in [0, 0.05) is 12.5 Å². The predicted octanol–water partition coefficient (Wildman–Crippen LogP) is 1.11. The van der Waals surface area contributed by atoms with Crippen LogP contribution in [-0.4, -0.2) is 49.7 Å². The van der Waals surface area contributed by atoms with Crippen LogP contribution in [-0.2, 0) is 14.8 Å². The summed E-state index contributed by atoms with van der Waals surface area (Å²) in [5.41, 5.74) is 0.425. The highest BCUT2D eigenvalue weighted by Gasteiger charge is 2.42. The topological polar surface area (TPSA) is 90.6 Å². The Kier molecular flexibility index (Phi) is 4.69. The Balaban J connectivity index is 1.90. The number of nitriles is 1. The molecule has 1 saturated carbocycles. The lowest BCUT2D eigenvalue weighted by Crippen LogP contribution is -2.53. The third kappa shape index (κ3) is 3.12. The molecule has 1 saturated heterocycles. The molecular weight excluding hydrogens is 316 g/mol. The van der Waals surface area contributed by atoms with Crippen molar-refractivity contribution in [1.29, 1.82) is 5.26 Å². The fourth-order valence-electron chi connectivity index (χ4n) is 3.50. The van der Waals surface area contributed by atoms with Crippen LogP contribution in [0.5, 0.6) is 0 Å². The summed E-state index contributed by atoms with van der Waals surface area (Å²) in [6.45, 7) is 0.961. The lowest BCUT2D eigenvalue weighted by molar-refractivity contribution is -0.0148. The minimum atomic E-state index is -3.66. The molecule has 0 aromatic heterocycles. The Hall–Kier alpha value is -1.46. The first kappa shape index (κ1) is 16.4. The molecule has 0 radical (unpaired) electrons. The monoisotopic (exact) mass is 336 g/mol. The van der Waals surface area contributed by atoms with Gasteiger partial charge in [-0.25, -0.2) is 8.42 Å². The largest absolute Gasteiger partial charge is 0.393 e. The van der Waals surface area contributed by atoms with Crippen LogP contribution in [0.15, 0.2) is 29.2 Å². The molecule has 1 aliphatic carbocycles. The SMILES string of the molecule is N#Cc1ccc(S(=O)(=O)N2CCOCC2C2CCCC2O)cc1. The lowest BCUT2D eigenvalue weighted by Gasteiger charge is -2.39. The van der Waals surface area contributed by atoms with Crippen molar-refractivity contribution in [2.45, 2.75) is 36.3 Å². The normalized spacial score (nSPS) is 29.3. The zero-order valence-electron chi connectivity index (χ0n) is 12.8. The first-order valence-corrected chi connectivity index (χ1v) is 9.26. The number of aliphatic hydroxyl groups excluding tert-OH is 1. The quantitative estimate of drug-likeness (QED) is 0.893. The third-order valence-corrected chi connectivity index (χ3v) is 6.67. The summed E-state index contributed by atoms with van der Waals surface area (Å²) in [5, 5.41) is 19.0. The van der Waals surface area contributed by atoms with Gasteiger partial charge in [0.1, 0.15) is 0 Å². The highest BCUT2D eigenvalue weighted by Crippen LogP contribution is 2.34. The zero-order chi connectivity index (χ0) is 16.4. The third-order valence-electron chi connectivity index (χ3n) is 4.73. The van der Waals surface area contributed by atoms with Crippen molar-refractivity contribution in [3.8, 4) is 6.07 Å². The highest BCUT2D eigenvalue weighted by atomic mass is 32.2. The molecule has 124 valence electrons. The van der Waals surface area contributed by atoms with Gasteiger partial charge in [-0.3, -0.25) is 0 Å². The molecule has 1 aliphatic heterocycles. The van der Waals surface area contributed by atoms with Crippen molar-refractivity contribution in [1.82, 2.24) is 4.31 Å². The first-order chi connectivity index (χ1) is 11.0. The van der Waals surface area contributed by atoms with Crippen molar-refractivity contribution >= 4 is 10.0 Å². The van der Waals surface area contributed by atoms with E-state index in [-0.39, 0.29) is 23.4 Å². The number of aliphatic hydroxyl groups is 1. The molecule has 3 atom stereocenters. The number of morpholine rings is 1. The molecule has 2 aliphatic rings. The van der Waals surface area contributed by atoms with Crippen molar-refractivity contribution < 1.29 is 18.3 Å². The van der Waals surface area contributed by atoms with Gasteiger partial charge in [0.2, 0.25) is 10.0 Å². The van der Waals surface area contributed by atoms with E-state index >= 15 is 0 Å². The van der Waals surface area contributed by atoms with Crippen LogP contribution in [0.2, 0.25) is 0 Å². The van der Waals surface area contributed by atoms with E-state index in [1.165, 1.54) is 28.6 Å². The van der Waals surface area contributed by atoms with Crippen molar-refractivity contribution in [3.05, 3.63) is 29.8 Å². The fourth-order valence-corrected chi connectivity index (χ4v) is 5.14. The Morgan fingerprint density at radius 3 is 2.61 bits per heavy atom. The van der Waals surface area contributed by atoms with Crippen molar-refractivity contribution in [2.75, 3.05) is 19.8 Å². The molecule has 1 aromatic carbocycles. The van der Waals surface area contributed by atoms with E-state index in [4.69, 9.17) is 10.00 Å². The van der Waals surface area contributed by atoms with E-state index in [1.54, 1.807) is 0 Å². The minimum Gasteiger partial charge on any atom is -0.393 e. The van der Waals surface area contributed by atoms with Gasteiger partial charge in [-0.15, -0.1) is 0 Å². The number of rotatable bonds is 3. The summed E-state index contributed by atoms with van der Waals surface area (Å²) >= 11 is 0. The van der Waals surface area contributed by atoms with E-state index < -0.39 is 16.1 Å². The lowest BCUT2D eigenvalue weighted by atomic mass is 9.96. The maximum absolute atomic E-state index is 13.0. The maximum Gasteiger partial charge on any atom is 0.243 e. The van der Waals surface area contributed by atoms with Gasteiger partial charge in [0.05, 0.1) is 41.9 Å². The number of hydrogen-bond acceptors (Lipinski definition) is 5. The smallest absolute Gasteiger partial charge is 0.243 e. The van der Waals surface area contributed by atoms with Crippen LogP contribution in [0.25, 0.3) is 0 Å². The summed E-state index contributed by atoms with van der Waals surface area (Å²) in [6, 6.07) is 7.59. The molecule has 2 fully saturated rings. The average molecular weight is 336 g/mol. The van der Waals surface area contributed by atoms with Gasteiger partial charge >= 0.3 is 0 Å². The molecule has 1 aromatic rings. The molecule has 23 heavy (non-hydrogen) atoms. The van der Waals surface area contributed by atoms with E-state index in [9.17, 15) is 13.5 Å². The number of benzene rings is 1. The fraction of sp³-hybridized carbons (Fsp3) is 0.562. The molecular formula is C16H20N2O4S. The van der Waals surface area contributed by atoms with Gasteiger partial charge < -0.3 is 9.84 Å². The molecule has 0 bridgehead atoms. The Morgan fingerprint density at radius 1 is 1.26 bits per heavy atom. The average Bonchev–Trinajstić information content (AvgIpc) is 3.01. The molecule has 0 spiro atoms. The van der Waals surface area contributed by atoms with Crippen LogP contribution in [0, 0.1) is 17.2 Å². The molecule has 6 nitrogen and oxygen atoms in total. The Labute approximate surface area is 136 Å². The number of nitrogens with zero attached hydrogens (tertiary/aromatic N) is 2. The van der Waals surface area contributed by atoms with E-state index in [0.29, 0.717) is 25.2 Å². The molecule has 3 rings (SSSR count).